The van der Waals surface area contributed by atoms with Crippen LogP contribution in [0.2, 0.25) is 0 Å². The lowest BCUT2D eigenvalue weighted by atomic mass is 9.84. The van der Waals surface area contributed by atoms with Gasteiger partial charge in [-0.2, -0.15) is 0 Å². The third-order valence-electron chi connectivity index (χ3n) is 2.88. The number of hydrogen-bond acceptors (Lipinski definition) is 4. The molecule has 1 rings (SSSR count). The predicted octanol–water partition coefficient (Wildman–Crippen LogP) is -1.03. The minimum absolute atomic E-state index is 0.0648. The molecule has 1 aliphatic carbocycles. The van der Waals surface area contributed by atoms with E-state index in [4.69, 9.17) is 15.9 Å². The van der Waals surface area contributed by atoms with Crippen molar-refractivity contribution in [2.75, 3.05) is 13.2 Å². The molecule has 5 N–H and O–H groups in total. The van der Waals surface area contributed by atoms with Gasteiger partial charge in [0.05, 0.1) is 18.6 Å². The van der Waals surface area contributed by atoms with Crippen LogP contribution in [0, 0.1) is 5.92 Å². The van der Waals surface area contributed by atoms with Gasteiger partial charge in [-0.05, 0) is 12.8 Å². The summed E-state index contributed by atoms with van der Waals surface area (Å²) in [5.41, 5.74) is 5.85. The molecule has 1 aliphatic rings. The molecule has 0 saturated heterocycles. The maximum atomic E-state index is 11.6. The van der Waals surface area contributed by atoms with E-state index >= 15 is 0 Å². The lowest BCUT2D eigenvalue weighted by molar-refractivity contribution is -0.127. The fourth-order valence-corrected chi connectivity index (χ4v) is 1.90. The third-order valence-corrected chi connectivity index (χ3v) is 2.88. The number of rotatable bonds is 4. The van der Waals surface area contributed by atoms with Crippen LogP contribution in [0.3, 0.4) is 0 Å². The Balaban J connectivity index is 2.32. The first-order chi connectivity index (χ1) is 7.15. The first kappa shape index (κ1) is 12.4. The molecule has 3 unspecified atom stereocenters. The van der Waals surface area contributed by atoms with Crippen molar-refractivity contribution in [1.82, 2.24) is 5.32 Å². The number of aliphatic hydroxyl groups is 2. The van der Waals surface area contributed by atoms with Crippen LogP contribution in [0.25, 0.3) is 0 Å². The molecule has 0 aromatic rings. The van der Waals surface area contributed by atoms with Crippen molar-refractivity contribution in [1.29, 1.82) is 0 Å². The summed E-state index contributed by atoms with van der Waals surface area (Å²) in [7, 11) is 0. The van der Waals surface area contributed by atoms with Crippen molar-refractivity contribution in [3.8, 4) is 0 Å². The normalized spacial score (nSPS) is 28.5. The van der Waals surface area contributed by atoms with Gasteiger partial charge in [0.25, 0.3) is 0 Å². The maximum absolute atomic E-state index is 11.6. The van der Waals surface area contributed by atoms with Crippen LogP contribution in [0.4, 0.5) is 0 Å². The molecule has 0 aromatic carbocycles. The Hall–Kier alpha value is -0.650. The molecular formula is C10H20N2O3. The highest BCUT2D eigenvalue weighted by atomic mass is 16.3. The van der Waals surface area contributed by atoms with Crippen LogP contribution in [0.15, 0.2) is 0 Å². The Morgan fingerprint density at radius 2 is 2.13 bits per heavy atom. The monoisotopic (exact) mass is 216 g/mol. The van der Waals surface area contributed by atoms with Crippen LogP contribution in [0.5, 0.6) is 0 Å². The summed E-state index contributed by atoms with van der Waals surface area (Å²) >= 11 is 0. The van der Waals surface area contributed by atoms with Gasteiger partial charge in [0.15, 0.2) is 0 Å². The number of nitrogens with one attached hydrogen (secondary N) is 1. The summed E-state index contributed by atoms with van der Waals surface area (Å²) in [4.78, 5) is 11.6. The van der Waals surface area contributed by atoms with Crippen molar-refractivity contribution in [3.05, 3.63) is 0 Å². The number of amides is 1. The zero-order chi connectivity index (χ0) is 11.3. The van der Waals surface area contributed by atoms with Crippen LogP contribution in [-0.4, -0.2) is 41.4 Å². The van der Waals surface area contributed by atoms with Crippen molar-refractivity contribution in [2.24, 2.45) is 11.7 Å². The topological polar surface area (TPSA) is 95.6 Å². The van der Waals surface area contributed by atoms with Gasteiger partial charge in [-0.15, -0.1) is 0 Å². The molecule has 15 heavy (non-hydrogen) atoms. The second kappa shape index (κ2) is 6.05. The summed E-state index contributed by atoms with van der Waals surface area (Å²) in [6, 6.07) is -0.0648. The van der Waals surface area contributed by atoms with Gasteiger partial charge in [0, 0.05) is 12.6 Å². The molecule has 0 heterocycles. The molecule has 0 radical (unpaired) electrons. The predicted molar refractivity (Wildman–Crippen MR) is 56.0 cm³/mol. The summed E-state index contributed by atoms with van der Waals surface area (Å²) in [5.74, 6) is -0.237. The van der Waals surface area contributed by atoms with Gasteiger partial charge in [-0.1, -0.05) is 12.8 Å². The largest absolute Gasteiger partial charge is 0.394 e. The Labute approximate surface area is 89.7 Å². The van der Waals surface area contributed by atoms with Crippen LogP contribution >= 0.6 is 0 Å². The van der Waals surface area contributed by atoms with E-state index in [2.05, 4.69) is 5.32 Å². The van der Waals surface area contributed by atoms with Gasteiger partial charge in [-0.3, -0.25) is 4.79 Å². The van der Waals surface area contributed by atoms with E-state index in [-0.39, 0.29) is 31.0 Å². The molecule has 1 fully saturated rings. The first-order valence-electron chi connectivity index (χ1n) is 5.47. The number of aliphatic hydroxyl groups excluding tert-OH is 2. The lowest BCUT2D eigenvalue weighted by Gasteiger charge is -2.27. The van der Waals surface area contributed by atoms with Gasteiger partial charge < -0.3 is 21.3 Å². The lowest BCUT2D eigenvalue weighted by Crippen LogP contribution is -2.45. The molecule has 5 heteroatoms. The zero-order valence-corrected chi connectivity index (χ0v) is 8.85. The van der Waals surface area contributed by atoms with Gasteiger partial charge in [-0.25, -0.2) is 0 Å². The summed E-state index contributed by atoms with van der Waals surface area (Å²) in [6.07, 6.45) is 2.95. The average Bonchev–Trinajstić information content (AvgIpc) is 2.26. The van der Waals surface area contributed by atoms with Crippen molar-refractivity contribution in [2.45, 2.75) is 37.8 Å². The molecule has 88 valence electrons. The van der Waals surface area contributed by atoms with E-state index in [1.807, 2.05) is 0 Å². The Bertz CT molecular complexity index is 211. The van der Waals surface area contributed by atoms with E-state index in [9.17, 15) is 4.79 Å². The Morgan fingerprint density at radius 3 is 2.73 bits per heavy atom. The second-order valence-corrected chi connectivity index (χ2v) is 4.14. The fourth-order valence-electron chi connectivity index (χ4n) is 1.90. The van der Waals surface area contributed by atoms with E-state index in [0.29, 0.717) is 0 Å². The SMILES string of the molecule is NC1CCCCC1C(=O)NCC(O)CO. The first-order valence-corrected chi connectivity index (χ1v) is 5.47. The number of nitrogens with two attached hydrogens (primary N) is 1. The van der Waals surface area contributed by atoms with Crippen molar-refractivity contribution >= 4 is 5.91 Å². The third kappa shape index (κ3) is 3.77. The van der Waals surface area contributed by atoms with E-state index in [0.717, 1.165) is 25.7 Å². The van der Waals surface area contributed by atoms with Crippen LogP contribution in [0.1, 0.15) is 25.7 Å². The van der Waals surface area contributed by atoms with Crippen molar-refractivity contribution < 1.29 is 15.0 Å². The second-order valence-electron chi connectivity index (χ2n) is 4.14. The highest BCUT2D eigenvalue weighted by Gasteiger charge is 2.28. The summed E-state index contributed by atoms with van der Waals surface area (Å²) < 4.78 is 0. The van der Waals surface area contributed by atoms with E-state index in [1.54, 1.807) is 0 Å². The van der Waals surface area contributed by atoms with Crippen molar-refractivity contribution in [3.63, 3.8) is 0 Å². The molecule has 3 atom stereocenters. The fraction of sp³-hybridized carbons (Fsp3) is 0.900. The molecule has 0 bridgehead atoms. The minimum Gasteiger partial charge on any atom is -0.394 e. The van der Waals surface area contributed by atoms with Crippen LogP contribution in [-0.2, 0) is 4.79 Å². The average molecular weight is 216 g/mol. The van der Waals surface area contributed by atoms with E-state index < -0.39 is 6.10 Å². The standard InChI is InChI=1S/C10H20N2O3/c11-9-4-2-1-3-8(9)10(15)12-5-7(14)6-13/h7-9,13-14H,1-6,11H2,(H,12,15). The number of carbonyl (C=O) groups excluding carboxylic acids is 1. The molecule has 5 nitrogen and oxygen atoms in total. The number of hydrogen-bond donors (Lipinski definition) is 4. The molecule has 0 spiro atoms. The van der Waals surface area contributed by atoms with Crippen LogP contribution < -0.4 is 11.1 Å². The number of carbonyl (C=O) groups is 1. The summed E-state index contributed by atoms with van der Waals surface area (Å²) in [5, 5.41) is 20.3. The van der Waals surface area contributed by atoms with Gasteiger partial charge in [0.1, 0.15) is 0 Å². The molecule has 1 saturated carbocycles. The maximum Gasteiger partial charge on any atom is 0.224 e. The highest BCUT2D eigenvalue weighted by molar-refractivity contribution is 5.79. The van der Waals surface area contributed by atoms with E-state index in [1.165, 1.54) is 0 Å². The van der Waals surface area contributed by atoms with Gasteiger partial charge in [0.2, 0.25) is 5.91 Å². The molecular weight excluding hydrogens is 196 g/mol. The highest BCUT2D eigenvalue weighted by Crippen LogP contribution is 2.22. The molecule has 1 amide bonds. The minimum atomic E-state index is -0.881. The Kier molecular flexibility index (Phi) is 5.01. The smallest absolute Gasteiger partial charge is 0.224 e. The molecule has 0 aliphatic heterocycles. The zero-order valence-electron chi connectivity index (χ0n) is 8.85. The summed E-state index contributed by atoms with van der Waals surface area (Å²) in [6.45, 7) is -0.241. The van der Waals surface area contributed by atoms with Gasteiger partial charge >= 0.3 is 0 Å². The molecule has 0 aromatic heterocycles. The Morgan fingerprint density at radius 1 is 1.47 bits per heavy atom. The quantitative estimate of drug-likeness (QED) is 0.483.